The summed E-state index contributed by atoms with van der Waals surface area (Å²) in [5.41, 5.74) is 0.914. The highest BCUT2D eigenvalue weighted by atomic mass is 35.5. The molecule has 0 bridgehead atoms. The molecule has 1 saturated heterocycles. The SMILES string of the molecule is C[C@H](Oc1ccc(Cl)cc1)C(=O)Nc1ccccc1C(=O)N1CCOCC1. The van der Waals surface area contributed by atoms with Crippen LogP contribution in [0.3, 0.4) is 0 Å². The van der Waals surface area contributed by atoms with Gasteiger partial charge in [0.15, 0.2) is 6.10 Å². The summed E-state index contributed by atoms with van der Waals surface area (Å²) in [5.74, 6) is 0.0763. The van der Waals surface area contributed by atoms with Gasteiger partial charge in [-0.3, -0.25) is 9.59 Å². The predicted molar refractivity (Wildman–Crippen MR) is 103 cm³/mol. The second-order valence-corrected chi connectivity index (χ2v) is 6.59. The summed E-state index contributed by atoms with van der Waals surface area (Å²) in [6, 6.07) is 13.7. The van der Waals surface area contributed by atoms with Gasteiger partial charge in [-0.05, 0) is 43.3 Å². The first kappa shape index (κ1) is 19.2. The van der Waals surface area contributed by atoms with E-state index in [0.717, 1.165) is 0 Å². The summed E-state index contributed by atoms with van der Waals surface area (Å²) < 4.78 is 10.9. The Morgan fingerprint density at radius 3 is 2.48 bits per heavy atom. The zero-order valence-electron chi connectivity index (χ0n) is 15.0. The molecule has 7 heteroatoms. The molecule has 0 saturated carbocycles. The topological polar surface area (TPSA) is 67.9 Å². The van der Waals surface area contributed by atoms with Gasteiger partial charge in [0.25, 0.3) is 11.8 Å². The van der Waals surface area contributed by atoms with E-state index in [-0.39, 0.29) is 11.8 Å². The molecule has 0 spiro atoms. The van der Waals surface area contributed by atoms with E-state index in [2.05, 4.69) is 5.32 Å². The normalized spacial score (nSPS) is 15.1. The van der Waals surface area contributed by atoms with Crippen LogP contribution in [-0.4, -0.2) is 49.1 Å². The molecule has 1 N–H and O–H groups in total. The zero-order valence-corrected chi connectivity index (χ0v) is 15.7. The highest BCUT2D eigenvalue weighted by Crippen LogP contribution is 2.20. The van der Waals surface area contributed by atoms with E-state index in [4.69, 9.17) is 21.1 Å². The maximum atomic E-state index is 12.8. The third kappa shape index (κ3) is 4.99. The van der Waals surface area contributed by atoms with Crippen LogP contribution in [0.5, 0.6) is 5.75 Å². The van der Waals surface area contributed by atoms with E-state index >= 15 is 0 Å². The molecule has 6 nitrogen and oxygen atoms in total. The van der Waals surface area contributed by atoms with E-state index in [1.54, 1.807) is 60.4 Å². The van der Waals surface area contributed by atoms with Gasteiger partial charge in [-0.2, -0.15) is 0 Å². The number of anilines is 1. The van der Waals surface area contributed by atoms with E-state index < -0.39 is 6.10 Å². The van der Waals surface area contributed by atoms with Crippen molar-refractivity contribution in [2.45, 2.75) is 13.0 Å². The third-order valence-electron chi connectivity index (χ3n) is 4.21. The highest BCUT2D eigenvalue weighted by molar-refractivity contribution is 6.30. The number of amides is 2. The van der Waals surface area contributed by atoms with Crippen LogP contribution in [0.4, 0.5) is 5.69 Å². The molecule has 3 rings (SSSR count). The molecule has 1 aliphatic heterocycles. The first-order chi connectivity index (χ1) is 13.0. The van der Waals surface area contributed by atoms with Crippen LogP contribution >= 0.6 is 11.6 Å². The van der Waals surface area contributed by atoms with Crippen LogP contribution in [-0.2, 0) is 9.53 Å². The number of para-hydroxylation sites is 1. The summed E-state index contributed by atoms with van der Waals surface area (Å²) >= 11 is 5.85. The lowest BCUT2D eigenvalue weighted by atomic mass is 10.1. The van der Waals surface area contributed by atoms with Crippen molar-refractivity contribution in [3.8, 4) is 5.75 Å². The molecule has 2 amide bonds. The van der Waals surface area contributed by atoms with E-state index in [9.17, 15) is 9.59 Å². The number of nitrogens with one attached hydrogen (secondary N) is 1. The summed E-state index contributed by atoms with van der Waals surface area (Å²) in [6.45, 7) is 3.77. The minimum Gasteiger partial charge on any atom is -0.481 e. The van der Waals surface area contributed by atoms with E-state index in [1.165, 1.54) is 0 Å². The molecular weight excluding hydrogens is 368 g/mol. The van der Waals surface area contributed by atoms with Crippen molar-refractivity contribution in [1.29, 1.82) is 0 Å². The first-order valence-corrected chi connectivity index (χ1v) is 9.11. The largest absolute Gasteiger partial charge is 0.481 e. The van der Waals surface area contributed by atoms with Crippen molar-refractivity contribution in [2.75, 3.05) is 31.6 Å². The fraction of sp³-hybridized carbons (Fsp3) is 0.300. The Morgan fingerprint density at radius 2 is 1.78 bits per heavy atom. The Balaban J connectivity index is 1.68. The van der Waals surface area contributed by atoms with Crippen molar-refractivity contribution in [1.82, 2.24) is 4.90 Å². The molecule has 2 aromatic carbocycles. The number of carbonyl (C=O) groups excluding carboxylic acids is 2. The Hall–Kier alpha value is -2.57. The molecule has 27 heavy (non-hydrogen) atoms. The fourth-order valence-electron chi connectivity index (χ4n) is 2.72. The van der Waals surface area contributed by atoms with Gasteiger partial charge in [-0.15, -0.1) is 0 Å². The predicted octanol–water partition coefficient (Wildman–Crippen LogP) is 3.22. The Morgan fingerprint density at radius 1 is 1.11 bits per heavy atom. The molecular formula is C20H21ClN2O4. The fourth-order valence-corrected chi connectivity index (χ4v) is 2.85. The number of hydrogen-bond donors (Lipinski definition) is 1. The number of benzene rings is 2. The number of ether oxygens (including phenoxy) is 2. The molecule has 2 aromatic rings. The van der Waals surface area contributed by atoms with E-state index in [0.29, 0.717) is 48.3 Å². The lowest BCUT2D eigenvalue weighted by Gasteiger charge is -2.27. The lowest BCUT2D eigenvalue weighted by molar-refractivity contribution is -0.122. The lowest BCUT2D eigenvalue weighted by Crippen LogP contribution is -2.41. The van der Waals surface area contributed by atoms with Crippen LogP contribution in [0.25, 0.3) is 0 Å². The minimum atomic E-state index is -0.738. The Kier molecular flexibility index (Phi) is 6.32. The van der Waals surface area contributed by atoms with Crippen molar-refractivity contribution in [2.24, 2.45) is 0 Å². The highest BCUT2D eigenvalue weighted by Gasteiger charge is 2.23. The van der Waals surface area contributed by atoms with Gasteiger partial charge in [0.2, 0.25) is 0 Å². The number of hydrogen-bond acceptors (Lipinski definition) is 4. The van der Waals surface area contributed by atoms with Gasteiger partial charge in [-0.1, -0.05) is 23.7 Å². The molecule has 0 aliphatic carbocycles. The Bertz CT molecular complexity index is 804. The Labute approximate surface area is 163 Å². The molecule has 0 radical (unpaired) electrons. The molecule has 1 atom stereocenters. The van der Waals surface area contributed by atoms with Crippen LogP contribution in [0.1, 0.15) is 17.3 Å². The zero-order chi connectivity index (χ0) is 19.2. The first-order valence-electron chi connectivity index (χ1n) is 8.74. The molecule has 142 valence electrons. The quantitative estimate of drug-likeness (QED) is 0.854. The van der Waals surface area contributed by atoms with Crippen molar-refractivity contribution < 1.29 is 19.1 Å². The molecule has 1 fully saturated rings. The minimum absolute atomic E-state index is 0.125. The summed E-state index contributed by atoms with van der Waals surface area (Å²) in [7, 11) is 0. The second kappa shape index (κ2) is 8.88. The van der Waals surface area contributed by atoms with Crippen LogP contribution < -0.4 is 10.1 Å². The average molecular weight is 389 g/mol. The number of carbonyl (C=O) groups is 2. The molecule has 1 aliphatic rings. The second-order valence-electron chi connectivity index (χ2n) is 6.15. The van der Waals surface area contributed by atoms with Crippen molar-refractivity contribution in [3.63, 3.8) is 0 Å². The number of rotatable bonds is 5. The summed E-state index contributed by atoms with van der Waals surface area (Å²) in [5, 5.41) is 3.39. The van der Waals surface area contributed by atoms with Crippen LogP contribution in [0.2, 0.25) is 5.02 Å². The van der Waals surface area contributed by atoms with Gasteiger partial charge in [-0.25, -0.2) is 0 Å². The van der Waals surface area contributed by atoms with Crippen LogP contribution in [0, 0.1) is 0 Å². The van der Waals surface area contributed by atoms with Gasteiger partial charge in [0, 0.05) is 18.1 Å². The van der Waals surface area contributed by atoms with Gasteiger partial charge in [0.05, 0.1) is 24.5 Å². The third-order valence-corrected chi connectivity index (χ3v) is 4.46. The summed E-state index contributed by atoms with van der Waals surface area (Å²) in [4.78, 5) is 27.0. The van der Waals surface area contributed by atoms with Gasteiger partial charge in [0.1, 0.15) is 5.75 Å². The molecule has 1 heterocycles. The number of morpholine rings is 1. The van der Waals surface area contributed by atoms with Crippen molar-refractivity contribution >= 4 is 29.1 Å². The monoisotopic (exact) mass is 388 g/mol. The summed E-state index contributed by atoms with van der Waals surface area (Å²) in [6.07, 6.45) is -0.738. The number of halogens is 1. The standard InChI is InChI=1S/C20H21ClN2O4/c1-14(27-16-8-6-15(21)7-9-16)19(24)22-18-5-3-2-4-17(18)20(25)23-10-12-26-13-11-23/h2-9,14H,10-13H2,1H3,(H,22,24)/t14-/m0/s1. The molecule has 0 unspecified atom stereocenters. The van der Waals surface area contributed by atoms with E-state index in [1.807, 2.05) is 0 Å². The smallest absolute Gasteiger partial charge is 0.265 e. The van der Waals surface area contributed by atoms with Crippen molar-refractivity contribution in [3.05, 3.63) is 59.1 Å². The van der Waals surface area contributed by atoms with Crippen LogP contribution in [0.15, 0.2) is 48.5 Å². The van der Waals surface area contributed by atoms with Gasteiger partial charge < -0.3 is 19.7 Å². The molecule has 0 aromatic heterocycles. The maximum Gasteiger partial charge on any atom is 0.265 e. The maximum absolute atomic E-state index is 12.8. The van der Waals surface area contributed by atoms with Gasteiger partial charge >= 0.3 is 0 Å². The average Bonchev–Trinajstić information content (AvgIpc) is 2.70. The number of nitrogens with zero attached hydrogens (tertiary/aromatic N) is 1.